The van der Waals surface area contributed by atoms with E-state index in [1.165, 1.54) is 0 Å². The van der Waals surface area contributed by atoms with Crippen LogP contribution in [0.1, 0.15) is 24.2 Å². The van der Waals surface area contributed by atoms with Crippen molar-refractivity contribution in [3.63, 3.8) is 0 Å². The van der Waals surface area contributed by atoms with Gasteiger partial charge in [0.1, 0.15) is 11.5 Å². The molecule has 0 radical (unpaired) electrons. The molecule has 1 unspecified atom stereocenters. The molecule has 0 bridgehead atoms. The number of halogens is 1. The van der Waals surface area contributed by atoms with Gasteiger partial charge in [-0.25, -0.2) is 4.98 Å². The average molecular weight is 324 g/mol. The molecule has 0 saturated carbocycles. The van der Waals surface area contributed by atoms with Crippen LogP contribution < -0.4 is 14.8 Å². The number of aromatic nitrogens is 2. The summed E-state index contributed by atoms with van der Waals surface area (Å²) in [6.45, 7) is 2.91. The number of aryl methyl sites for hydroxylation is 1. The van der Waals surface area contributed by atoms with Crippen molar-refractivity contribution in [1.29, 1.82) is 0 Å². The largest absolute Gasteiger partial charge is 0.496 e. The van der Waals surface area contributed by atoms with Gasteiger partial charge in [0.2, 0.25) is 0 Å². The van der Waals surface area contributed by atoms with Crippen LogP contribution in [0.5, 0.6) is 11.5 Å². The molecule has 1 aromatic heterocycles. The van der Waals surface area contributed by atoms with E-state index in [4.69, 9.17) is 21.1 Å². The van der Waals surface area contributed by atoms with E-state index in [9.17, 15) is 0 Å². The van der Waals surface area contributed by atoms with Gasteiger partial charge in [-0.1, -0.05) is 11.6 Å². The van der Waals surface area contributed by atoms with Crippen LogP contribution >= 0.6 is 11.6 Å². The Morgan fingerprint density at radius 2 is 2.00 bits per heavy atom. The van der Waals surface area contributed by atoms with Gasteiger partial charge in [0.25, 0.3) is 0 Å². The quantitative estimate of drug-likeness (QED) is 0.851. The number of methoxy groups -OCH3 is 2. The third-order valence-electron chi connectivity index (χ3n) is 3.56. The minimum atomic E-state index is 0.113. The molecular weight excluding hydrogens is 302 g/mol. The molecule has 6 heteroatoms. The van der Waals surface area contributed by atoms with Crippen LogP contribution in [0.2, 0.25) is 5.02 Å². The molecule has 0 aliphatic heterocycles. The minimum absolute atomic E-state index is 0.113. The molecule has 120 valence electrons. The fraction of sp³-hybridized carbons (Fsp3) is 0.438. The van der Waals surface area contributed by atoms with Gasteiger partial charge in [-0.15, -0.1) is 0 Å². The van der Waals surface area contributed by atoms with Crippen LogP contribution in [0.4, 0.5) is 0 Å². The number of hydrogen-bond acceptors (Lipinski definition) is 4. The minimum Gasteiger partial charge on any atom is -0.496 e. The smallest absolute Gasteiger partial charge is 0.141 e. The van der Waals surface area contributed by atoms with Crippen LogP contribution in [0.15, 0.2) is 24.7 Å². The highest BCUT2D eigenvalue weighted by atomic mass is 35.5. The van der Waals surface area contributed by atoms with Gasteiger partial charge in [-0.3, -0.25) is 0 Å². The van der Waals surface area contributed by atoms with Crippen molar-refractivity contribution >= 4 is 11.6 Å². The lowest BCUT2D eigenvalue weighted by Gasteiger charge is -2.18. The maximum absolute atomic E-state index is 6.21. The number of rotatable bonds is 7. The Bertz CT molecular complexity index is 628. The van der Waals surface area contributed by atoms with Gasteiger partial charge in [0.05, 0.1) is 31.3 Å². The summed E-state index contributed by atoms with van der Waals surface area (Å²) in [5.74, 6) is 1.38. The number of imidazole rings is 1. The second-order valence-corrected chi connectivity index (χ2v) is 5.59. The van der Waals surface area contributed by atoms with E-state index in [1.54, 1.807) is 14.2 Å². The van der Waals surface area contributed by atoms with Crippen LogP contribution in [0.3, 0.4) is 0 Å². The van der Waals surface area contributed by atoms with Gasteiger partial charge >= 0.3 is 0 Å². The monoisotopic (exact) mass is 323 g/mol. The zero-order chi connectivity index (χ0) is 16.1. The van der Waals surface area contributed by atoms with E-state index in [0.29, 0.717) is 10.8 Å². The molecule has 0 aliphatic carbocycles. The van der Waals surface area contributed by atoms with Crippen molar-refractivity contribution < 1.29 is 9.47 Å². The summed E-state index contributed by atoms with van der Waals surface area (Å²) < 4.78 is 12.6. The Hall–Kier alpha value is -1.72. The third-order valence-corrected chi connectivity index (χ3v) is 3.86. The predicted octanol–water partition coefficient (Wildman–Crippen LogP) is 2.98. The second-order valence-electron chi connectivity index (χ2n) is 5.18. The van der Waals surface area contributed by atoms with Gasteiger partial charge < -0.3 is 19.4 Å². The van der Waals surface area contributed by atoms with E-state index < -0.39 is 0 Å². The molecule has 22 heavy (non-hydrogen) atoms. The second kappa shape index (κ2) is 7.51. The maximum atomic E-state index is 6.21. The molecule has 2 rings (SSSR count). The first kappa shape index (κ1) is 16.6. The Morgan fingerprint density at radius 1 is 1.27 bits per heavy atom. The van der Waals surface area contributed by atoms with Gasteiger partial charge in [0, 0.05) is 43.9 Å². The van der Waals surface area contributed by atoms with E-state index >= 15 is 0 Å². The molecule has 0 aliphatic rings. The number of nitrogens with one attached hydrogen (secondary N) is 1. The first-order valence-corrected chi connectivity index (χ1v) is 7.54. The number of ether oxygens (including phenoxy) is 2. The molecule has 0 amide bonds. The molecule has 1 N–H and O–H groups in total. The van der Waals surface area contributed by atoms with Crippen molar-refractivity contribution in [2.75, 3.05) is 20.8 Å². The lowest BCUT2D eigenvalue weighted by molar-refractivity contribution is 0.386. The van der Waals surface area contributed by atoms with Crippen molar-refractivity contribution in [3.8, 4) is 11.5 Å². The van der Waals surface area contributed by atoms with Crippen molar-refractivity contribution in [2.45, 2.75) is 19.4 Å². The Balaban J connectivity index is 2.02. The summed E-state index contributed by atoms with van der Waals surface area (Å²) in [6.07, 6.45) is 4.71. The first-order chi connectivity index (χ1) is 10.5. The molecule has 0 spiro atoms. The highest BCUT2D eigenvalue weighted by Gasteiger charge is 2.15. The summed E-state index contributed by atoms with van der Waals surface area (Å²) in [4.78, 5) is 4.32. The standard InChI is InChI=1S/C16H22ClN3O2/c1-11(18-6-5-12-9-20(2)10-19-12)13-7-14(17)16(22-4)8-15(13)21-3/h7-11,18H,5-6H2,1-4H3. The molecule has 5 nitrogen and oxygen atoms in total. The molecule has 0 saturated heterocycles. The van der Waals surface area contributed by atoms with E-state index in [-0.39, 0.29) is 6.04 Å². The van der Waals surface area contributed by atoms with E-state index in [1.807, 2.05) is 36.3 Å². The van der Waals surface area contributed by atoms with Crippen molar-refractivity contribution in [1.82, 2.24) is 14.9 Å². The zero-order valence-corrected chi connectivity index (χ0v) is 14.1. The number of hydrogen-bond donors (Lipinski definition) is 1. The fourth-order valence-corrected chi connectivity index (χ4v) is 2.59. The average Bonchev–Trinajstić information content (AvgIpc) is 2.92. The Kier molecular flexibility index (Phi) is 5.69. The lowest BCUT2D eigenvalue weighted by Crippen LogP contribution is -2.22. The van der Waals surface area contributed by atoms with Crippen molar-refractivity contribution in [3.05, 3.63) is 40.9 Å². The number of benzene rings is 1. The van der Waals surface area contributed by atoms with Crippen LogP contribution in [-0.2, 0) is 13.5 Å². The van der Waals surface area contributed by atoms with E-state index in [2.05, 4.69) is 17.2 Å². The highest BCUT2D eigenvalue weighted by Crippen LogP contribution is 2.35. The van der Waals surface area contributed by atoms with Gasteiger partial charge in [-0.2, -0.15) is 0 Å². The predicted molar refractivity (Wildman–Crippen MR) is 87.9 cm³/mol. The SMILES string of the molecule is COc1cc(OC)c(C(C)NCCc2cn(C)cn2)cc1Cl. The summed E-state index contributed by atoms with van der Waals surface area (Å²) in [6, 6.07) is 3.81. The fourth-order valence-electron chi connectivity index (χ4n) is 2.34. The van der Waals surface area contributed by atoms with Crippen molar-refractivity contribution in [2.24, 2.45) is 7.05 Å². The number of nitrogens with zero attached hydrogens (tertiary/aromatic N) is 2. The van der Waals surface area contributed by atoms with Crippen LogP contribution in [0, 0.1) is 0 Å². The molecule has 1 heterocycles. The normalized spacial score (nSPS) is 12.2. The maximum Gasteiger partial charge on any atom is 0.141 e. The summed E-state index contributed by atoms with van der Waals surface area (Å²) in [5, 5.41) is 4.05. The molecule has 0 fully saturated rings. The summed E-state index contributed by atoms with van der Waals surface area (Å²) in [7, 11) is 5.21. The Morgan fingerprint density at radius 3 is 2.59 bits per heavy atom. The molecular formula is C16H22ClN3O2. The van der Waals surface area contributed by atoms with E-state index in [0.717, 1.165) is 30.0 Å². The molecule has 1 aromatic carbocycles. The zero-order valence-electron chi connectivity index (χ0n) is 13.4. The van der Waals surface area contributed by atoms with Gasteiger partial charge in [-0.05, 0) is 13.0 Å². The third kappa shape index (κ3) is 3.93. The van der Waals surface area contributed by atoms with Crippen LogP contribution in [0.25, 0.3) is 0 Å². The lowest BCUT2D eigenvalue weighted by atomic mass is 10.1. The highest BCUT2D eigenvalue weighted by molar-refractivity contribution is 6.32. The summed E-state index contributed by atoms with van der Waals surface area (Å²) in [5.41, 5.74) is 2.08. The first-order valence-electron chi connectivity index (χ1n) is 7.16. The topological polar surface area (TPSA) is 48.3 Å². The van der Waals surface area contributed by atoms with Crippen LogP contribution in [-0.4, -0.2) is 30.3 Å². The van der Waals surface area contributed by atoms with Gasteiger partial charge in [0.15, 0.2) is 0 Å². The Labute approximate surface area is 136 Å². The molecule has 1 atom stereocenters. The molecule has 2 aromatic rings. The summed E-state index contributed by atoms with van der Waals surface area (Å²) >= 11 is 6.21.